The third-order valence-electron chi connectivity index (χ3n) is 13.8. The molecule has 460 valence electrons. The SMILES string of the molecule is CC/C=C\C/C=C\C/C=C\C/C=C\C/C=C\CC(=O)OC1C(OCC(COC(=O)CCCCCCCC/C=C\C/C=C\C/C=C\CCCCC)OC(=O)CCCCCCCCC/C=C\CCCCCCCC)OC(C(=O)O)C(O)C1O. The maximum atomic E-state index is 13.2. The van der Waals surface area contributed by atoms with E-state index in [1.807, 2.05) is 12.2 Å². The molecule has 0 bridgehead atoms. The number of aliphatic hydroxyl groups excluding tert-OH is 2. The van der Waals surface area contributed by atoms with Crippen molar-refractivity contribution in [3.8, 4) is 0 Å². The van der Waals surface area contributed by atoms with Gasteiger partial charge in [0.1, 0.15) is 18.8 Å². The lowest BCUT2D eigenvalue weighted by molar-refractivity contribution is -0.301. The van der Waals surface area contributed by atoms with Crippen molar-refractivity contribution in [3.05, 3.63) is 109 Å². The van der Waals surface area contributed by atoms with E-state index in [1.165, 1.54) is 83.5 Å². The van der Waals surface area contributed by atoms with Crippen LogP contribution in [-0.4, -0.2) is 89.2 Å². The minimum absolute atomic E-state index is 0.140. The van der Waals surface area contributed by atoms with Gasteiger partial charge in [-0.25, -0.2) is 4.79 Å². The summed E-state index contributed by atoms with van der Waals surface area (Å²) in [5.41, 5.74) is 0. The summed E-state index contributed by atoms with van der Waals surface area (Å²) in [4.78, 5) is 51.2. The van der Waals surface area contributed by atoms with Crippen molar-refractivity contribution < 1.29 is 58.2 Å². The molecule has 1 rings (SSSR count). The Balaban J connectivity index is 2.73. The molecule has 1 heterocycles. The number of hydrogen-bond acceptors (Lipinski definition) is 11. The minimum Gasteiger partial charge on any atom is -0.479 e. The van der Waals surface area contributed by atoms with Gasteiger partial charge in [-0.15, -0.1) is 0 Å². The van der Waals surface area contributed by atoms with Gasteiger partial charge in [-0.2, -0.15) is 0 Å². The number of unbranched alkanes of at least 4 members (excludes halogenated alkanes) is 22. The van der Waals surface area contributed by atoms with Crippen LogP contribution in [0.1, 0.15) is 252 Å². The van der Waals surface area contributed by atoms with Crippen LogP contribution in [0.5, 0.6) is 0 Å². The van der Waals surface area contributed by atoms with Crippen LogP contribution in [0.15, 0.2) is 109 Å². The molecule has 0 radical (unpaired) electrons. The van der Waals surface area contributed by atoms with E-state index in [4.69, 9.17) is 23.7 Å². The highest BCUT2D eigenvalue weighted by Crippen LogP contribution is 2.26. The summed E-state index contributed by atoms with van der Waals surface area (Å²) in [6.07, 6.45) is 63.6. The molecule has 0 spiro atoms. The normalized spacial score (nSPS) is 18.5. The molecule has 0 aromatic carbocycles. The first-order valence-corrected chi connectivity index (χ1v) is 31.9. The number of rotatable bonds is 53. The summed E-state index contributed by atoms with van der Waals surface area (Å²) in [6, 6.07) is 0. The van der Waals surface area contributed by atoms with Crippen molar-refractivity contribution in [2.75, 3.05) is 13.2 Å². The Bertz CT molecular complexity index is 1820. The first-order valence-electron chi connectivity index (χ1n) is 31.9. The van der Waals surface area contributed by atoms with Crippen LogP contribution in [0.25, 0.3) is 0 Å². The fourth-order valence-electron chi connectivity index (χ4n) is 8.97. The molecule has 0 aliphatic carbocycles. The molecular weight excluding hydrogens is 1020 g/mol. The molecule has 12 heteroatoms. The Morgan fingerprint density at radius 2 is 0.815 bits per heavy atom. The van der Waals surface area contributed by atoms with Gasteiger partial charge in [0.15, 0.2) is 24.6 Å². The number of carboxylic acid groups (broad SMARTS) is 1. The van der Waals surface area contributed by atoms with E-state index in [-0.39, 0.29) is 25.9 Å². The fraction of sp³-hybridized carbons (Fsp3) is 0.681. The molecule has 0 amide bonds. The lowest BCUT2D eigenvalue weighted by atomic mass is 9.98. The van der Waals surface area contributed by atoms with E-state index in [1.54, 1.807) is 12.2 Å². The summed E-state index contributed by atoms with van der Waals surface area (Å²) < 4.78 is 28.4. The van der Waals surface area contributed by atoms with Gasteiger partial charge in [0.25, 0.3) is 0 Å². The van der Waals surface area contributed by atoms with E-state index in [9.17, 15) is 34.5 Å². The summed E-state index contributed by atoms with van der Waals surface area (Å²) in [5.74, 6) is -3.31. The summed E-state index contributed by atoms with van der Waals surface area (Å²) >= 11 is 0. The third-order valence-corrected chi connectivity index (χ3v) is 13.8. The second-order valence-electron chi connectivity index (χ2n) is 21.3. The van der Waals surface area contributed by atoms with Gasteiger partial charge in [0.05, 0.1) is 13.0 Å². The van der Waals surface area contributed by atoms with Gasteiger partial charge in [0, 0.05) is 12.8 Å². The third kappa shape index (κ3) is 45.6. The Labute approximate surface area is 491 Å². The molecule has 0 aromatic rings. The predicted molar refractivity (Wildman–Crippen MR) is 330 cm³/mol. The highest BCUT2D eigenvalue weighted by Gasteiger charge is 2.50. The molecule has 81 heavy (non-hydrogen) atoms. The number of aliphatic carboxylic acids is 1. The molecule has 3 N–H and O–H groups in total. The average Bonchev–Trinajstić information content (AvgIpc) is 3.53. The number of aliphatic hydroxyl groups is 2. The number of esters is 3. The number of hydrogen-bond donors (Lipinski definition) is 3. The molecule has 6 atom stereocenters. The number of allylic oxidation sites excluding steroid dienone is 17. The molecule has 12 nitrogen and oxygen atoms in total. The molecule has 1 aliphatic rings. The van der Waals surface area contributed by atoms with Crippen LogP contribution >= 0.6 is 0 Å². The maximum Gasteiger partial charge on any atom is 0.335 e. The number of carboxylic acids is 1. The van der Waals surface area contributed by atoms with Crippen LogP contribution in [0.4, 0.5) is 0 Å². The standard InChI is InChI=1S/C69H112O12/c1-4-7-10-13-16-19-22-25-28-30-31-33-35-37-40-43-46-49-52-55-61(70)77-58-60(79-62(71)56-53-50-47-44-41-39-36-32-29-26-23-20-17-14-11-8-5-2)59-78-69-67(65(74)64(73)66(81-69)68(75)76)80-63(72)57-54-51-48-45-42-38-34-27-24-21-18-15-12-9-6-3/h9,12,16,18-19,21,25-29,31,33-34,42,45,51,54,60,64-67,69,73-74H,4-8,10-11,13-15,17,20,22-24,30,32,35-41,43-44,46-50,52-53,55-59H2,1-3H3,(H,75,76)/b12-9-,19-16-,21-18-,28-25-,29-26-,33-31-,34-27-,45-42-,54-51-. The smallest absolute Gasteiger partial charge is 0.335 e. The van der Waals surface area contributed by atoms with E-state index >= 15 is 0 Å². The Morgan fingerprint density at radius 1 is 0.432 bits per heavy atom. The first-order chi connectivity index (χ1) is 39.6. The average molecular weight is 1130 g/mol. The molecule has 6 unspecified atom stereocenters. The van der Waals surface area contributed by atoms with E-state index in [2.05, 4.69) is 106 Å². The second kappa shape index (κ2) is 55.9. The molecule has 0 saturated carbocycles. The van der Waals surface area contributed by atoms with Gasteiger partial charge in [-0.1, -0.05) is 233 Å². The highest BCUT2D eigenvalue weighted by atomic mass is 16.7. The maximum absolute atomic E-state index is 13.2. The first kappa shape index (κ1) is 74.4. The highest BCUT2D eigenvalue weighted by molar-refractivity contribution is 5.74. The number of ether oxygens (including phenoxy) is 5. The fourth-order valence-corrected chi connectivity index (χ4v) is 8.97. The van der Waals surface area contributed by atoms with Crippen molar-refractivity contribution in [3.63, 3.8) is 0 Å². The lowest BCUT2D eigenvalue weighted by Crippen LogP contribution is -2.61. The Morgan fingerprint density at radius 3 is 1.28 bits per heavy atom. The molecule has 1 aliphatic heterocycles. The van der Waals surface area contributed by atoms with Crippen molar-refractivity contribution >= 4 is 23.9 Å². The number of carbonyl (C=O) groups is 4. The van der Waals surface area contributed by atoms with E-state index in [0.717, 1.165) is 109 Å². The van der Waals surface area contributed by atoms with Gasteiger partial charge in [0.2, 0.25) is 0 Å². The minimum atomic E-state index is -1.94. The van der Waals surface area contributed by atoms with Crippen molar-refractivity contribution in [1.82, 2.24) is 0 Å². The second-order valence-corrected chi connectivity index (χ2v) is 21.3. The van der Waals surface area contributed by atoms with Crippen molar-refractivity contribution in [1.29, 1.82) is 0 Å². The lowest BCUT2D eigenvalue weighted by Gasteiger charge is -2.40. The topological polar surface area (TPSA) is 175 Å². The Kier molecular flexibility index (Phi) is 51.3. The monoisotopic (exact) mass is 1130 g/mol. The van der Waals surface area contributed by atoms with E-state index in [0.29, 0.717) is 19.3 Å². The summed E-state index contributed by atoms with van der Waals surface area (Å²) in [6.45, 7) is 5.80. The Hall–Kier alpha value is -4.62. The summed E-state index contributed by atoms with van der Waals surface area (Å²) in [7, 11) is 0. The molecule has 1 fully saturated rings. The van der Waals surface area contributed by atoms with Crippen LogP contribution in [0.3, 0.4) is 0 Å². The van der Waals surface area contributed by atoms with Gasteiger partial charge in [-0.3, -0.25) is 14.4 Å². The zero-order valence-corrected chi connectivity index (χ0v) is 50.7. The van der Waals surface area contributed by atoms with Crippen LogP contribution in [0, 0.1) is 0 Å². The molecular formula is C69H112O12. The van der Waals surface area contributed by atoms with Crippen LogP contribution in [-0.2, 0) is 42.9 Å². The zero-order valence-electron chi connectivity index (χ0n) is 50.7. The predicted octanol–water partition coefficient (Wildman–Crippen LogP) is 17.0. The van der Waals surface area contributed by atoms with Crippen molar-refractivity contribution in [2.45, 2.75) is 289 Å². The van der Waals surface area contributed by atoms with Crippen molar-refractivity contribution in [2.24, 2.45) is 0 Å². The van der Waals surface area contributed by atoms with Crippen LogP contribution in [0.2, 0.25) is 0 Å². The largest absolute Gasteiger partial charge is 0.479 e. The quantitative estimate of drug-likeness (QED) is 0.0228. The zero-order chi connectivity index (χ0) is 58.9. The molecule has 1 saturated heterocycles. The van der Waals surface area contributed by atoms with Crippen LogP contribution < -0.4 is 0 Å². The van der Waals surface area contributed by atoms with Gasteiger partial charge >= 0.3 is 23.9 Å². The van der Waals surface area contributed by atoms with Gasteiger partial charge < -0.3 is 39.0 Å². The summed E-state index contributed by atoms with van der Waals surface area (Å²) in [5, 5.41) is 31.5. The number of carbonyl (C=O) groups excluding carboxylic acids is 3. The molecule has 0 aromatic heterocycles. The van der Waals surface area contributed by atoms with E-state index < -0.39 is 67.3 Å². The van der Waals surface area contributed by atoms with Gasteiger partial charge in [-0.05, 0) is 109 Å².